The molecule has 0 fully saturated rings. The third kappa shape index (κ3) is 2.90. The molecule has 0 saturated heterocycles. The fourth-order valence-corrected chi connectivity index (χ4v) is 2.97. The average molecular weight is 335 g/mol. The van der Waals surface area contributed by atoms with Crippen LogP contribution in [-0.4, -0.2) is 62.6 Å². The van der Waals surface area contributed by atoms with E-state index < -0.39 is 21.0 Å². The smallest absolute Gasteiger partial charge is 0.329 e. The number of sulfone groups is 1. The molecule has 3 aromatic rings. The van der Waals surface area contributed by atoms with E-state index in [1.54, 1.807) is 29.1 Å². The van der Waals surface area contributed by atoms with E-state index in [4.69, 9.17) is 0 Å². The zero-order valence-electron chi connectivity index (χ0n) is 12.4. The van der Waals surface area contributed by atoms with Crippen molar-refractivity contribution in [3.63, 3.8) is 0 Å². The first-order valence-electron chi connectivity index (χ1n) is 6.51. The Morgan fingerprint density at radius 3 is 2.78 bits per heavy atom. The summed E-state index contributed by atoms with van der Waals surface area (Å²) in [7, 11) is -0.758. The van der Waals surface area contributed by atoms with Crippen LogP contribution in [0.25, 0.3) is 5.78 Å². The lowest BCUT2D eigenvalue weighted by Gasteiger charge is -2.07. The van der Waals surface area contributed by atoms with Gasteiger partial charge in [-0.05, 0) is 6.07 Å². The largest absolute Gasteiger partial charge is 0.345 e. The molecule has 1 amide bonds. The van der Waals surface area contributed by atoms with Crippen molar-refractivity contribution in [1.29, 1.82) is 0 Å². The zero-order valence-corrected chi connectivity index (χ0v) is 13.2. The predicted octanol–water partition coefficient (Wildman–Crippen LogP) is -0.176. The van der Waals surface area contributed by atoms with Crippen molar-refractivity contribution in [1.82, 2.24) is 34.0 Å². The van der Waals surface area contributed by atoms with Gasteiger partial charge in [0.1, 0.15) is 12.1 Å². The number of amides is 1. The molecule has 0 aliphatic heterocycles. The molecular formula is C12H13N7O3S. The third-order valence-corrected chi connectivity index (χ3v) is 4.37. The van der Waals surface area contributed by atoms with Crippen LogP contribution in [-0.2, 0) is 15.6 Å². The minimum absolute atomic E-state index is 0.319. The van der Waals surface area contributed by atoms with Crippen molar-refractivity contribution in [3.8, 4) is 0 Å². The summed E-state index contributed by atoms with van der Waals surface area (Å²) in [6.07, 6.45) is 5.92. The molecule has 120 valence electrons. The first-order valence-corrected chi connectivity index (χ1v) is 8.17. The Hall–Kier alpha value is -2.82. The molecule has 0 N–H and O–H groups in total. The summed E-state index contributed by atoms with van der Waals surface area (Å²) < 4.78 is 27.2. The molecule has 0 saturated carbocycles. The Morgan fingerprint density at radius 2 is 2.09 bits per heavy atom. The molecule has 0 radical (unpaired) electrons. The van der Waals surface area contributed by atoms with Crippen molar-refractivity contribution in [2.75, 3.05) is 14.1 Å². The maximum atomic E-state index is 12.4. The average Bonchev–Trinajstić information content (AvgIpc) is 3.12. The number of hydrogen-bond acceptors (Lipinski definition) is 7. The molecule has 0 bridgehead atoms. The summed E-state index contributed by atoms with van der Waals surface area (Å²) in [5.41, 5.74) is 0.319. The van der Waals surface area contributed by atoms with Crippen LogP contribution < -0.4 is 0 Å². The van der Waals surface area contributed by atoms with Crippen LogP contribution in [0.2, 0.25) is 0 Å². The lowest BCUT2D eigenvalue weighted by molar-refractivity contribution is 0.215. The van der Waals surface area contributed by atoms with Crippen molar-refractivity contribution >= 4 is 21.6 Å². The van der Waals surface area contributed by atoms with Gasteiger partial charge in [-0.25, -0.2) is 28.2 Å². The highest BCUT2D eigenvalue weighted by molar-refractivity contribution is 7.90. The molecule has 11 heteroatoms. The standard InChI is InChI=1S/C12H13N7O3S/c1-17(2)12(20)19-8-14-11(16-19)23(21,22)7-9-6-18-5-3-4-13-10(18)15-9/h3-6,8H,7H2,1-2H3. The molecule has 0 aliphatic carbocycles. The van der Waals surface area contributed by atoms with E-state index >= 15 is 0 Å². The number of carbonyl (C=O) groups excluding carboxylic acids is 1. The van der Waals surface area contributed by atoms with Gasteiger partial charge in [0.15, 0.2) is 0 Å². The van der Waals surface area contributed by atoms with E-state index in [0.717, 1.165) is 11.0 Å². The number of fused-ring (bicyclic) bond motifs is 1. The van der Waals surface area contributed by atoms with Crippen LogP contribution in [0.3, 0.4) is 0 Å². The Morgan fingerprint density at radius 1 is 1.30 bits per heavy atom. The molecule has 10 nitrogen and oxygen atoms in total. The Bertz CT molecular complexity index is 940. The molecular weight excluding hydrogens is 322 g/mol. The Kier molecular flexibility index (Phi) is 3.56. The molecule has 0 aliphatic rings. The number of rotatable bonds is 3. The molecule has 23 heavy (non-hydrogen) atoms. The maximum absolute atomic E-state index is 12.4. The van der Waals surface area contributed by atoms with E-state index in [-0.39, 0.29) is 5.75 Å². The predicted molar refractivity (Wildman–Crippen MR) is 78.4 cm³/mol. The van der Waals surface area contributed by atoms with E-state index in [1.165, 1.54) is 19.0 Å². The van der Waals surface area contributed by atoms with Crippen LogP contribution in [0.5, 0.6) is 0 Å². The minimum atomic E-state index is -3.82. The van der Waals surface area contributed by atoms with Gasteiger partial charge in [0.2, 0.25) is 15.6 Å². The van der Waals surface area contributed by atoms with Gasteiger partial charge in [-0.1, -0.05) is 0 Å². The molecule has 0 aromatic carbocycles. The van der Waals surface area contributed by atoms with Gasteiger partial charge in [-0.15, -0.1) is 5.10 Å². The molecule has 3 heterocycles. The van der Waals surface area contributed by atoms with Crippen LogP contribution in [0, 0.1) is 0 Å². The first-order chi connectivity index (χ1) is 10.9. The highest BCUT2D eigenvalue weighted by Gasteiger charge is 2.23. The zero-order chi connectivity index (χ0) is 16.6. The van der Waals surface area contributed by atoms with Gasteiger partial charge in [0.25, 0.3) is 5.16 Å². The quantitative estimate of drug-likeness (QED) is 0.652. The summed E-state index contributed by atoms with van der Waals surface area (Å²) in [5.74, 6) is 0.0234. The molecule has 3 aromatic heterocycles. The molecule has 3 rings (SSSR count). The highest BCUT2D eigenvalue weighted by atomic mass is 32.2. The van der Waals surface area contributed by atoms with Gasteiger partial charge in [0, 0.05) is 32.7 Å². The van der Waals surface area contributed by atoms with E-state index in [2.05, 4.69) is 20.1 Å². The van der Waals surface area contributed by atoms with Crippen LogP contribution >= 0.6 is 0 Å². The second-order valence-corrected chi connectivity index (χ2v) is 6.85. The van der Waals surface area contributed by atoms with Gasteiger partial charge >= 0.3 is 6.03 Å². The normalized spacial score (nSPS) is 11.7. The summed E-state index contributed by atoms with van der Waals surface area (Å²) in [5, 5.41) is 3.31. The Labute approximate surface area is 131 Å². The number of hydrogen-bond donors (Lipinski definition) is 0. The molecule has 0 spiro atoms. The highest BCUT2D eigenvalue weighted by Crippen LogP contribution is 2.12. The van der Waals surface area contributed by atoms with Crippen LogP contribution in [0.15, 0.2) is 36.1 Å². The minimum Gasteiger partial charge on any atom is -0.329 e. The van der Waals surface area contributed by atoms with E-state index in [9.17, 15) is 13.2 Å². The van der Waals surface area contributed by atoms with E-state index in [0.29, 0.717) is 11.5 Å². The van der Waals surface area contributed by atoms with Crippen LogP contribution in [0.1, 0.15) is 5.69 Å². The maximum Gasteiger partial charge on any atom is 0.345 e. The summed E-state index contributed by atoms with van der Waals surface area (Å²) >= 11 is 0. The second-order valence-electron chi connectivity index (χ2n) is 4.97. The summed E-state index contributed by atoms with van der Waals surface area (Å²) in [4.78, 5) is 24.9. The van der Waals surface area contributed by atoms with Gasteiger partial charge < -0.3 is 4.90 Å². The molecule has 0 atom stereocenters. The van der Waals surface area contributed by atoms with Gasteiger partial charge in [-0.2, -0.15) is 4.68 Å². The third-order valence-electron chi connectivity index (χ3n) is 2.95. The Balaban J connectivity index is 1.88. The number of carbonyl (C=O) groups is 1. The lowest BCUT2D eigenvalue weighted by atomic mass is 10.6. The number of imidazole rings is 1. The topological polar surface area (TPSA) is 115 Å². The lowest BCUT2D eigenvalue weighted by Crippen LogP contribution is -2.27. The first kappa shape index (κ1) is 15.1. The second kappa shape index (κ2) is 5.43. The van der Waals surface area contributed by atoms with Crippen molar-refractivity contribution in [2.24, 2.45) is 0 Å². The van der Waals surface area contributed by atoms with Crippen molar-refractivity contribution < 1.29 is 13.2 Å². The fourth-order valence-electron chi connectivity index (χ4n) is 1.90. The summed E-state index contributed by atoms with van der Waals surface area (Å²) in [6.45, 7) is 0. The van der Waals surface area contributed by atoms with E-state index in [1.807, 2.05) is 0 Å². The monoisotopic (exact) mass is 335 g/mol. The SMILES string of the molecule is CN(C)C(=O)n1cnc(S(=O)(=O)Cc2cn3cccnc3n2)n1. The summed E-state index contributed by atoms with van der Waals surface area (Å²) in [6, 6.07) is 1.22. The van der Waals surface area contributed by atoms with Crippen molar-refractivity contribution in [3.05, 3.63) is 36.7 Å². The van der Waals surface area contributed by atoms with Gasteiger partial charge in [-0.3, -0.25) is 4.40 Å². The number of nitrogens with zero attached hydrogens (tertiary/aromatic N) is 7. The van der Waals surface area contributed by atoms with Gasteiger partial charge in [0.05, 0.1) is 5.69 Å². The van der Waals surface area contributed by atoms with Crippen molar-refractivity contribution in [2.45, 2.75) is 10.9 Å². The number of aromatic nitrogens is 6. The molecule has 0 unspecified atom stereocenters. The van der Waals surface area contributed by atoms with Crippen LogP contribution in [0.4, 0.5) is 4.79 Å². The fraction of sp³-hybridized carbons (Fsp3) is 0.250.